The van der Waals surface area contributed by atoms with E-state index in [0.29, 0.717) is 6.61 Å². The second kappa shape index (κ2) is 5.39. The van der Waals surface area contributed by atoms with E-state index in [0.717, 1.165) is 32.1 Å². The molecule has 2 atom stereocenters. The van der Waals surface area contributed by atoms with Gasteiger partial charge in [-0.3, -0.25) is 0 Å². The third kappa shape index (κ3) is 3.19. The molecular weight excluding hydrogens is 242 g/mol. The lowest BCUT2D eigenvalue weighted by Gasteiger charge is -2.34. The molecule has 3 rings (SSSR count). The second-order valence-electron chi connectivity index (χ2n) is 5.36. The number of ether oxygens (including phenoxy) is 3. The molecule has 19 heavy (non-hydrogen) atoms. The van der Waals surface area contributed by atoms with Gasteiger partial charge in [-0.15, -0.1) is 0 Å². The van der Waals surface area contributed by atoms with Crippen LogP contribution in [0, 0.1) is 6.92 Å². The highest BCUT2D eigenvalue weighted by atomic mass is 16.6. The van der Waals surface area contributed by atoms with E-state index in [1.54, 1.807) is 0 Å². The van der Waals surface area contributed by atoms with Crippen LogP contribution in [0.5, 0.6) is 5.75 Å². The molecule has 104 valence electrons. The molecule has 1 aromatic rings. The molecule has 0 amide bonds. The monoisotopic (exact) mass is 263 g/mol. The lowest BCUT2D eigenvalue weighted by Crippen LogP contribution is -2.41. The zero-order valence-electron chi connectivity index (χ0n) is 11.6. The molecule has 2 saturated heterocycles. The molecule has 2 heterocycles. The van der Waals surface area contributed by atoms with Gasteiger partial charge in [0.1, 0.15) is 18.5 Å². The molecule has 4 heteroatoms. The first-order valence-corrected chi connectivity index (χ1v) is 6.94. The van der Waals surface area contributed by atoms with E-state index in [1.807, 2.05) is 0 Å². The Balaban J connectivity index is 1.77. The van der Waals surface area contributed by atoms with Crippen LogP contribution in [0.2, 0.25) is 0 Å². The van der Waals surface area contributed by atoms with E-state index in [-0.39, 0.29) is 12.2 Å². The molecule has 2 fully saturated rings. The van der Waals surface area contributed by atoms with E-state index in [9.17, 15) is 0 Å². The molecule has 0 aromatic heterocycles. The average molecular weight is 263 g/mol. The Labute approximate surface area is 114 Å². The van der Waals surface area contributed by atoms with Gasteiger partial charge >= 0.3 is 0 Å². The van der Waals surface area contributed by atoms with Crippen LogP contribution in [0.4, 0.5) is 5.69 Å². The highest BCUT2D eigenvalue weighted by Crippen LogP contribution is 2.31. The van der Waals surface area contributed by atoms with Gasteiger partial charge in [-0.2, -0.15) is 0 Å². The summed E-state index contributed by atoms with van der Waals surface area (Å²) in [5.41, 5.74) is 2.39. The fourth-order valence-corrected chi connectivity index (χ4v) is 2.38. The van der Waals surface area contributed by atoms with E-state index in [2.05, 4.69) is 36.9 Å². The van der Waals surface area contributed by atoms with Gasteiger partial charge < -0.3 is 19.1 Å². The zero-order chi connectivity index (χ0) is 13.2. The maximum atomic E-state index is 5.92. The lowest BCUT2D eigenvalue weighted by atomic mass is 10.1. The third-order valence-electron chi connectivity index (χ3n) is 3.52. The minimum absolute atomic E-state index is 0.273. The number of benzene rings is 1. The molecule has 2 aliphatic heterocycles. The number of morpholine rings is 1. The quantitative estimate of drug-likeness (QED) is 0.778. The summed E-state index contributed by atoms with van der Waals surface area (Å²) in [6.07, 6.45) is 0.562. The maximum Gasteiger partial charge on any atom is 0.143 e. The molecule has 0 N–H and O–H groups in total. The second-order valence-corrected chi connectivity index (χ2v) is 5.36. The van der Waals surface area contributed by atoms with Gasteiger partial charge in [-0.25, -0.2) is 0 Å². The topological polar surface area (TPSA) is 34.2 Å². The number of aryl methyl sites for hydroxylation is 1. The van der Waals surface area contributed by atoms with Gasteiger partial charge in [0.15, 0.2) is 0 Å². The molecule has 0 spiro atoms. The van der Waals surface area contributed by atoms with Gasteiger partial charge in [0.2, 0.25) is 0 Å². The Morgan fingerprint density at radius 1 is 1.37 bits per heavy atom. The summed E-state index contributed by atoms with van der Waals surface area (Å²) in [5.74, 6) is 0.963. The SMILES string of the molecule is Cc1ccc(N2CCOC(C)C2)c(OC[C@@H]2CO2)c1. The summed E-state index contributed by atoms with van der Waals surface area (Å²) in [6, 6.07) is 6.39. The summed E-state index contributed by atoms with van der Waals surface area (Å²) in [4.78, 5) is 2.34. The predicted molar refractivity (Wildman–Crippen MR) is 74.0 cm³/mol. The predicted octanol–water partition coefficient (Wildman–Crippen LogP) is 2.00. The molecule has 4 nitrogen and oxygen atoms in total. The molecule has 1 aromatic carbocycles. The van der Waals surface area contributed by atoms with Crippen molar-refractivity contribution >= 4 is 5.69 Å². The van der Waals surface area contributed by atoms with Crippen molar-refractivity contribution in [2.24, 2.45) is 0 Å². The first-order valence-electron chi connectivity index (χ1n) is 6.94. The Kier molecular flexibility index (Phi) is 3.62. The van der Waals surface area contributed by atoms with Crippen molar-refractivity contribution in [2.75, 3.05) is 37.8 Å². The normalized spacial score (nSPS) is 26.3. The Hall–Kier alpha value is -1.26. The number of epoxide rings is 1. The lowest BCUT2D eigenvalue weighted by molar-refractivity contribution is 0.0530. The van der Waals surface area contributed by atoms with Crippen LogP contribution in [-0.4, -0.2) is 45.1 Å². The highest BCUT2D eigenvalue weighted by Gasteiger charge is 2.25. The van der Waals surface area contributed by atoms with Crippen LogP contribution in [0.25, 0.3) is 0 Å². The zero-order valence-corrected chi connectivity index (χ0v) is 11.6. The van der Waals surface area contributed by atoms with Crippen LogP contribution in [0.1, 0.15) is 12.5 Å². The summed E-state index contributed by atoms with van der Waals surface area (Å²) >= 11 is 0. The van der Waals surface area contributed by atoms with Crippen LogP contribution < -0.4 is 9.64 Å². The average Bonchev–Trinajstić information content (AvgIpc) is 3.20. The number of hydrogen-bond acceptors (Lipinski definition) is 4. The first kappa shape index (κ1) is 12.8. The minimum atomic E-state index is 0.273. The van der Waals surface area contributed by atoms with Crippen LogP contribution in [-0.2, 0) is 9.47 Å². The smallest absolute Gasteiger partial charge is 0.143 e. The van der Waals surface area contributed by atoms with Crippen molar-refractivity contribution in [3.63, 3.8) is 0 Å². The van der Waals surface area contributed by atoms with Crippen LogP contribution in [0.3, 0.4) is 0 Å². The van der Waals surface area contributed by atoms with Crippen LogP contribution >= 0.6 is 0 Å². The van der Waals surface area contributed by atoms with E-state index in [1.165, 1.54) is 11.3 Å². The molecule has 1 unspecified atom stereocenters. The minimum Gasteiger partial charge on any atom is -0.489 e. The molecule has 0 aliphatic carbocycles. The Bertz CT molecular complexity index is 445. The molecule has 0 radical (unpaired) electrons. The molecule has 0 bridgehead atoms. The van der Waals surface area contributed by atoms with Gasteiger partial charge in [0.25, 0.3) is 0 Å². The number of anilines is 1. The summed E-state index contributed by atoms with van der Waals surface area (Å²) in [5, 5.41) is 0. The largest absolute Gasteiger partial charge is 0.489 e. The van der Waals surface area contributed by atoms with E-state index in [4.69, 9.17) is 14.2 Å². The Morgan fingerprint density at radius 3 is 2.95 bits per heavy atom. The van der Waals surface area contributed by atoms with Crippen molar-refractivity contribution in [3.8, 4) is 5.75 Å². The van der Waals surface area contributed by atoms with Gasteiger partial charge in [0, 0.05) is 13.1 Å². The van der Waals surface area contributed by atoms with Gasteiger partial charge in [0.05, 0.1) is 25.0 Å². The molecular formula is C15H21NO3. The molecule has 2 aliphatic rings. The van der Waals surface area contributed by atoms with E-state index < -0.39 is 0 Å². The van der Waals surface area contributed by atoms with Crippen molar-refractivity contribution in [1.82, 2.24) is 0 Å². The van der Waals surface area contributed by atoms with Gasteiger partial charge in [-0.05, 0) is 31.5 Å². The maximum absolute atomic E-state index is 5.92. The number of hydrogen-bond donors (Lipinski definition) is 0. The standard InChI is InChI=1S/C15H21NO3/c1-11-3-4-14(16-5-6-17-12(2)8-16)15(7-11)19-10-13-9-18-13/h3-4,7,12-13H,5-6,8-10H2,1-2H3/t12?,13-/m0/s1. The number of rotatable bonds is 4. The van der Waals surface area contributed by atoms with Crippen molar-refractivity contribution in [2.45, 2.75) is 26.1 Å². The first-order chi connectivity index (χ1) is 9.22. The summed E-state index contributed by atoms with van der Waals surface area (Å²) in [7, 11) is 0. The fraction of sp³-hybridized carbons (Fsp3) is 0.600. The van der Waals surface area contributed by atoms with E-state index >= 15 is 0 Å². The highest BCUT2D eigenvalue weighted by molar-refractivity contribution is 5.60. The van der Waals surface area contributed by atoms with Crippen LogP contribution in [0.15, 0.2) is 18.2 Å². The molecule has 0 saturated carbocycles. The summed E-state index contributed by atoms with van der Waals surface area (Å²) < 4.78 is 16.7. The third-order valence-corrected chi connectivity index (χ3v) is 3.52. The van der Waals surface area contributed by atoms with Crippen molar-refractivity contribution in [3.05, 3.63) is 23.8 Å². The fourth-order valence-electron chi connectivity index (χ4n) is 2.38. The summed E-state index contributed by atoms with van der Waals surface area (Å²) in [6.45, 7) is 8.29. The van der Waals surface area contributed by atoms with Crippen molar-refractivity contribution in [1.29, 1.82) is 0 Å². The Morgan fingerprint density at radius 2 is 2.21 bits per heavy atom. The number of nitrogens with zero attached hydrogens (tertiary/aromatic N) is 1. The van der Waals surface area contributed by atoms with Gasteiger partial charge in [-0.1, -0.05) is 6.07 Å². The van der Waals surface area contributed by atoms with Crippen molar-refractivity contribution < 1.29 is 14.2 Å².